The van der Waals surface area contributed by atoms with E-state index in [9.17, 15) is 0 Å². The van der Waals surface area contributed by atoms with E-state index in [1.807, 2.05) is 24.3 Å². The third-order valence-electron chi connectivity index (χ3n) is 21.9. The molecule has 0 fully saturated rings. The van der Waals surface area contributed by atoms with Crippen molar-refractivity contribution >= 4 is 147 Å². The van der Waals surface area contributed by atoms with E-state index >= 15 is 0 Å². The van der Waals surface area contributed by atoms with Crippen LogP contribution >= 0.6 is 0 Å². The zero-order valence-corrected chi connectivity index (χ0v) is 56.5. The van der Waals surface area contributed by atoms with E-state index in [-0.39, 0.29) is 11.8 Å². The van der Waals surface area contributed by atoms with Crippen molar-refractivity contribution in [2.24, 2.45) is 5.92 Å². The first-order valence-electron chi connectivity index (χ1n) is 35.7. The molecule has 0 spiro atoms. The minimum absolute atomic E-state index is 0.170. The molecule has 0 radical (unpaired) electrons. The summed E-state index contributed by atoms with van der Waals surface area (Å²) in [4.78, 5) is 2.39. The predicted octanol–water partition coefficient (Wildman–Crippen LogP) is 27.1. The Morgan fingerprint density at radius 3 is 1.29 bits per heavy atom. The lowest BCUT2D eigenvalue weighted by Gasteiger charge is -2.26. The van der Waals surface area contributed by atoms with Gasteiger partial charge in [-0.05, 0) is 192 Å². The molecule has 0 aliphatic heterocycles. The molecule has 484 valence electrons. The van der Waals surface area contributed by atoms with Gasteiger partial charge in [0.25, 0.3) is 0 Å². The van der Waals surface area contributed by atoms with E-state index in [0.717, 1.165) is 101 Å². The van der Waals surface area contributed by atoms with Gasteiger partial charge in [-0.15, -0.1) is 0 Å². The summed E-state index contributed by atoms with van der Waals surface area (Å²) in [5.74, 6) is 2.20. The van der Waals surface area contributed by atoms with Gasteiger partial charge in [0, 0.05) is 88.6 Å². The fourth-order valence-corrected chi connectivity index (χ4v) is 17.0. The molecule has 21 aromatic rings. The average molecular weight is 1320 g/mol. The zero-order chi connectivity index (χ0) is 67.8. The fraction of sp³-hybridized carbons (Fsp3) is 0.0408. The second-order valence-electron chi connectivity index (χ2n) is 28.1. The van der Waals surface area contributed by atoms with Gasteiger partial charge in [-0.2, -0.15) is 0 Å². The summed E-state index contributed by atoms with van der Waals surface area (Å²) < 4.78 is 17.7. The Balaban J connectivity index is 0.700. The molecule has 0 aliphatic rings. The molecule has 17 aromatic carbocycles. The Kier molecular flexibility index (Phi) is 13.4. The van der Waals surface area contributed by atoms with Crippen molar-refractivity contribution in [3.05, 3.63) is 369 Å². The lowest BCUT2D eigenvalue weighted by atomic mass is 9.78. The molecule has 5 nitrogen and oxygen atoms in total. The highest BCUT2D eigenvalue weighted by Crippen LogP contribution is 2.47. The van der Waals surface area contributed by atoms with Gasteiger partial charge < -0.3 is 22.9 Å². The lowest BCUT2D eigenvalue weighted by molar-refractivity contribution is 0.510. The number of para-hydroxylation sites is 3. The van der Waals surface area contributed by atoms with Crippen molar-refractivity contribution < 1.29 is 8.83 Å². The SMILES string of the molecule is CC(Cc1ccc2c(ccc3c4cc5c(cc4n(-c4ccc6ccccc6c4)c23)c2ccc3cc(N(c4ccccc4)c4ccc6cc(-c7cc8ccccc8o7)ccc6c4)ccc3c2n5-c2ccc3ccccc3c2)c1)[C@H](c1ccccc1)c1ccc2cc(-c3cc4ccccc4o3)ccc2c1. The molecule has 0 saturated carbocycles. The maximum absolute atomic E-state index is 6.32. The first kappa shape index (κ1) is 58.7. The highest BCUT2D eigenvalue weighted by molar-refractivity contribution is 6.26. The van der Waals surface area contributed by atoms with Gasteiger partial charge in [0.05, 0.1) is 22.1 Å². The number of fused-ring (bicyclic) bond motifs is 16. The summed E-state index contributed by atoms with van der Waals surface area (Å²) in [6, 6.07) is 130. The smallest absolute Gasteiger partial charge is 0.135 e. The van der Waals surface area contributed by atoms with Crippen molar-refractivity contribution in [3.8, 4) is 34.0 Å². The topological polar surface area (TPSA) is 39.4 Å². The molecule has 103 heavy (non-hydrogen) atoms. The summed E-state index contributed by atoms with van der Waals surface area (Å²) in [5.41, 5.74) is 18.1. The number of benzene rings is 17. The number of hydrogen-bond acceptors (Lipinski definition) is 3. The standard InChI is InChI=1S/C98H65N3O2/c1-61(96(65-18-4-2-5-19-65)78-34-31-68-50-76(32-29-69(68)52-78)94-57-74-22-12-14-26-92(74)102-94)48-62-28-44-84-72(49-62)38-45-86-88-59-91-89(60-90(88)100(97(84)86)82-40-35-63-16-8-10-20-66(63)53-82)87-46-39-73-56-81(43-47-85(73)98(87)101(91)83-41-36-64-17-9-11-21-67(64)54-83)99(79-24-6-3-7-25-79)80-42-37-70-51-77(33-30-71(70)55-80)95-58-75-23-13-15-27-93(75)103-95/h2-47,49-61,96H,48H2,1H3/t61?,96-/m1/s1. The average Bonchev–Trinajstić information content (AvgIpc) is 1.54. The Bertz CT molecular complexity index is 6940. The Morgan fingerprint density at radius 1 is 0.282 bits per heavy atom. The van der Waals surface area contributed by atoms with Crippen LogP contribution in [0.15, 0.2) is 361 Å². The van der Waals surface area contributed by atoms with Crippen LogP contribution in [-0.4, -0.2) is 9.13 Å². The van der Waals surface area contributed by atoms with Crippen LogP contribution in [0.3, 0.4) is 0 Å². The minimum atomic E-state index is 0.170. The van der Waals surface area contributed by atoms with Gasteiger partial charge in [-0.3, -0.25) is 0 Å². The number of rotatable bonds is 12. The molecule has 5 heteroatoms. The molecule has 0 N–H and O–H groups in total. The van der Waals surface area contributed by atoms with Crippen molar-refractivity contribution in [1.29, 1.82) is 0 Å². The van der Waals surface area contributed by atoms with Gasteiger partial charge in [0.15, 0.2) is 0 Å². The van der Waals surface area contributed by atoms with E-state index in [4.69, 9.17) is 8.83 Å². The largest absolute Gasteiger partial charge is 0.456 e. The number of aromatic nitrogens is 2. The predicted molar refractivity (Wildman–Crippen MR) is 433 cm³/mol. The van der Waals surface area contributed by atoms with E-state index < -0.39 is 0 Å². The van der Waals surface area contributed by atoms with Gasteiger partial charge in [-0.25, -0.2) is 0 Å². The quantitative estimate of drug-likeness (QED) is 0.122. The summed E-state index contributed by atoms with van der Waals surface area (Å²) in [6.07, 6.45) is 0.903. The van der Waals surface area contributed by atoms with Crippen LogP contribution in [0.25, 0.3) is 164 Å². The van der Waals surface area contributed by atoms with Crippen molar-refractivity contribution in [3.63, 3.8) is 0 Å². The first-order valence-corrected chi connectivity index (χ1v) is 35.7. The van der Waals surface area contributed by atoms with Crippen LogP contribution in [0.2, 0.25) is 0 Å². The number of anilines is 3. The maximum Gasteiger partial charge on any atom is 0.135 e. The van der Waals surface area contributed by atoms with Crippen molar-refractivity contribution in [2.45, 2.75) is 19.3 Å². The first-order chi connectivity index (χ1) is 50.9. The third kappa shape index (κ3) is 9.83. The summed E-state index contributed by atoms with van der Waals surface area (Å²) >= 11 is 0. The van der Waals surface area contributed by atoms with Crippen LogP contribution in [0.1, 0.15) is 29.5 Å². The third-order valence-corrected chi connectivity index (χ3v) is 21.9. The number of nitrogens with zero attached hydrogens (tertiary/aromatic N) is 3. The lowest BCUT2D eigenvalue weighted by Crippen LogP contribution is -2.14. The molecule has 0 aliphatic carbocycles. The normalized spacial score (nSPS) is 12.7. The molecule has 21 rings (SSSR count). The summed E-state index contributed by atoms with van der Waals surface area (Å²) in [6.45, 7) is 2.43. The monoisotopic (exact) mass is 1320 g/mol. The fourth-order valence-electron chi connectivity index (χ4n) is 17.0. The second kappa shape index (κ2) is 23.5. The van der Waals surface area contributed by atoms with E-state index in [1.54, 1.807) is 0 Å². The van der Waals surface area contributed by atoms with E-state index in [0.29, 0.717) is 0 Å². The zero-order valence-electron chi connectivity index (χ0n) is 56.5. The Labute approximate surface area is 594 Å². The van der Waals surface area contributed by atoms with Gasteiger partial charge >= 0.3 is 0 Å². The van der Waals surface area contributed by atoms with Crippen LogP contribution in [0.4, 0.5) is 17.1 Å². The number of hydrogen-bond donors (Lipinski definition) is 0. The van der Waals surface area contributed by atoms with Gasteiger partial charge in [-0.1, -0.05) is 250 Å². The molecule has 4 aromatic heterocycles. The maximum atomic E-state index is 6.32. The van der Waals surface area contributed by atoms with Crippen molar-refractivity contribution in [2.75, 3.05) is 4.90 Å². The molecule has 0 saturated heterocycles. The molecular formula is C98H65N3O2. The van der Waals surface area contributed by atoms with Crippen LogP contribution in [0, 0.1) is 5.92 Å². The summed E-state index contributed by atoms with van der Waals surface area (Å²) in [7, 11) is 0. The second-order valence-corrected chi connectivity index (χ2v) is 28.1. The van der Waals surface area contributed by atoms with Crippen molar-refractivity contribution in [1.82, 2.24) is 9.13 Å². The van der Waals surface area contributed by atoms with Crippen LogP contribution in [0.5, 0.6) is 0 Å². The highest BCUT2D eigenvalue weighted by Gasteiger charge is 2.26. The molecule has 1 unspecified atom stereocenters. The molecule has 0 amide bonds. The molecule has 4 heterocycles. The van der Waals surface area contributed by atoms with E-state index in [2.05, 4.69) is 349 Å². The minimum Gasteiger partial charge on any atom is -0.456 e. The molecule has 2 atom stereocenters. The molecular weight excluding hydrogens is 1250 g/mol. The van der Waals surface area contributed by atoms with Crippen LogP contribution in [-0.2, 0) is 6.42 Å². The highest BCUT2D eigenvalue weighted by atomic mass is 16.3. The Hall–Kier alpha value is -13.2. The number of furan rings is 2. The van der Waals surface area contributed by atoms with Crippen LogP contribution < -0.4 is 4.90 Å². The van der Waals surface area contributed by atoms with E-state index in [1.165, 1.54) is 103 Å². The van der Waals surface area contributed by atoms with Gasteiger partial charge in [0.2, 0.25) is 0 Å². The molecule has 0 bridgehead atoms. The Morgan fingerprint density at radius 2 is 0.709 bits per heavy atom. The summed E-state index contributed by atoms with van der Waals surface area (Å²) in [5, 5.41) is 21.4. The van der Waals surface area contributed by atoms with Gasteiger partial charge in [0.1, 0.15) is 22.7 Å².